The van der Waals surface area contributed by atoms with Crippen LogP contribution in [0.25, 0.3) is 0 Å². The van der Waals surface area contributed by atoms with E-state index >= 15 is 0 Å². The van der Waals surface area contributed by atoms with Crippen molar-refractivity contribution in [1.29, 1.82) is 0 Å². The van der Waals surface area contributed by atoms with E-state index in [1.54, 1.807) is 0 Å². The largest absolute Gasteiger partial charge is 0.182 e. The molecule has 5 radical (unpaired) electrons. The van der Waals surface area contributed by atoms with Gasteiger partial charge in [-0.2, -0.15) is 0 Å². The Morgan fingerprint density at radius 2 is 2.18 bits per heavy atom. The van der Waals surface area contributed by atoms with Crippen LogP contribution in [0.1, 0.15) is 19.8 Å². The Hall–Kier alpha value is 0.435. The predicted octanol–water partition coefficient (Wildman–Crippen LogP) is 1.53. The van der Waals surface area contributed by atoms with E-state index in [0.29, 0.717) is 4.53 Å². The van der Waals surface area contributed by atoms with Crippen molar-refractivity contribution in [2.45, 2.75) is 26.1 Å². The van der Waals surface area contributed by atoms with E-state index in [0.717, 1.165) is 31.0 Å². The lowest BCUT2D eigenvalue weighted by Crippen LogP contribution is -2.12. The number of hydrogen-bond acceptors (Lipinski definition) is 2. The van der Waals surface area contributed by atoms with E-state index < -0.39 is 0 Å². The van der Waals surface area contributed by atoms with Crippen molar-refractivity contribution in [2.24, 2.45) is 0 Å². The first-order chi connectivity index (χ1) is 4.66. The molecule has 0 fully saturated rings. The zero-order valence-corrected chi connectivity index (χ0v) is 7.90. The third kappa shape index (κ3) is 10.4. The van der Waals surface area contributed by atoms with Gasteiger partial charge in [0.2, 0.25) is 0 Å². The molecule has 0 aliphatic carbocycles. The first-order valence-electron chi connectivity index (χ1n) is 3.48. The fourth-order valence-corrected chi connectivity index (χ4v) is 1.29. The van der Waals surface area contributed by atoms with Gasteiger partial charge in [0, 0.05) is 23.2 Å². The number of unbranched alkanes of at least 4 members (excludes halogenated alkanes) is 1. The molecule has 0 bridgehead atoms. The predicted molar refractivity (Wildman–Crippen MR) is 53.4 cm³/mol. The van der Waals surface area contributed by atoms with E-state index in [-0.39, 0.29) is 14.3 Å². The van der Waals surface area contributed by atoms with Crippen LogP contribution < -0.4 is 0 Å². The number of nitrogens with zero attached hydrogens (tertiary/aromatic N) is 1. The highest BCUT2D eigenvalue weighted by atomic mass is 32.2. The van der Waals surface area contributed by atoms with Gasteiger partial charge in [-0.05, 0) is 0 Å². The maximum atomic E-state index is 12.1. The van der Waals surface area contributed by atoms with Crippen LogP contribution >= 0.6 is 11.8 Å². The van der Waals surface area contributed by atoms with Crippen LogP contribution in [0.5, 0.6) is 0 Å². The maximum absolute atomic E-state index is 12.1. The fourth-order valence-electron chi connectivity index (χ4n) is 0.645. The van der Waals surface area contributed by atoms with Gasteiger partial charge in [0.25, 0.3) is 0 Å². The van der Waals surface area contributed by atoms with E-state index in [2.05, 4.69) is 6.92 Å². The molecule has 0 saturated carbocycles. The minimum atomic E-state index is -0.0880. The van der Waals surface area contributed by atoms with E-state index in [1.807, 2.05) is 0 Å². The summed E-state index contributed by atoms with van der Waals surface area (Å²) in [5, 5.41) is 0. The van der Waals surface area contributed by atoms with Crippen LogP contribution in [0.4, 0.5) is 4.48 Å². The van der Waals surface area contributed by atoms with Crippen molar-refractivity contribution in [3.05, 3.63) is 0 Å². The fraction of sp³-hybridized carbons (Fsp3) is 1.00. The molecule has 0 aliphatic rings. The van der Waals surface area contributed by atoms with Crippen LogP contribution in [-0.2, 0) is 0 Å². The van der Waals surface area contributed by atoms with Crippen LogP contribution in [0, 0.1) is 0 Å². The van der Waals surface area contributed by atoms with Crippen LogP contribution in [0.15, 0.2) is 0 Å². The summed E-state index contributed by atoms with van der Waals surface area (Å²) in [6, 6.07) is 0. The number of hydrogen-bond donors (Lipinski definition) is 0. The average molecular weight is 170 g/mol. The average Bonchev–Trinajstić information content (AvgIpc) is 1.82. The molecule has 0 saturated heterocycles. The van der Waals surface area contributed by atoms with Crippen molar-refractivity contribution < 1.29 is 4.48 Å². The molecule has 0 aromatic carbocycles. The lowest BCUT2D eigenvalue weighted by Gasteiger charge is -2.09. The van der Waals surface area contributed by atoms with Gasteiger partial charge < -0.3 is 0 Å². The highest BCUT2D eigenvalue weighted by molar-refractivity contribution is 8.27. The molecule has 0 N–H and O–H groups in total. The van der Waals surface area contributed by atoms with Crippen molar-refractivity contribution >= 4 is 33.8 Å². The summed E-state index contributed by atoms with van der Waals surface area (Å²) in [7, 11) is 6.90. The SMILES string of the molecule is [B].[B]B(CCCC)SN(C)F. The molecule has 59 valence electrons. The molecule has 0 aromatic rings. The minimum Gasteiger partial charge on any atom is -0.124 e. The second-order valence-electron chi connectivity index (χ2n) is 2.21. The Balaban J connectivity index is 0. The molecular formula is C5H12B3FNS. The summed E-state index contributed by atoms with van der Waals surface area (Å²) in [4.78, 5) is 0. The van der Waals surface area contributed by atoms with Crippen molar-refractivity contribution in [2.75, 3.05) is 7.05 Å². The maximum Gasteiger partial charge on any atom is 0.182 e. The van der Waals surface area contributed by atoms with Gasteiger partial charge in [-0.3, -0.25) is 0 Å². The Morgan fingerprint density at radius 3 is 2.55 bits per heavy atom. The summed E-state index contributed by atoms with van der Waals surface area (Å²) >= 11 is 1.04. The van der Waals surface area contributed by atoms with E-state index in [9.17, 15) is 4.48 Å². The first-order valence-corrected chi connectivity index (χ1v) is 4.32. The van der Waals surface area contributed by atoms with Gasteiger partial charge in [0.05, 0.1) is 0 Å². The first kappa shape index (κ1) is 14.0. The van der Waals surface area contributed by atoms with E-state index in [4.69, 9.17) is 7.74 Å². The molecule has 1 nitrogen and oxygen atoms in total. The molecule has 0 spiro atoms. The Labute approximate surface area is 76.5 Å². The molecule has 0 heterocycles. The Morgan fingerprint density at radius 1 is 1.64 bits per heavy atom. The Kier molecular flexibility index (Phi) is 10.8. The van der Waals surface area contributed by atoms with Crippen LogP contribution in [0.3, 0.4) is 0 Å². The standard InChI is InChI=1S/C5H12B2FNS.B/c1-3-4-5-7(6)10-9(2)8;/h3-5H2,1-2H3;. The molecule has 0 unspecified atom stereocenters. The molecule has 0 amide bonds. The molecule has 11 heavy (non-hydrogen) atoms. The minimum absolute atomic E-state index is 0. The quantitative estimate of drug-likeness (QED) is 0.349. The molecule has 6 heteroatoms. The molecule has 0 rings (SSSR count). The van der Waals surface area contributed by atoms with Gasteiger partial charge in [-0.15, -0.1) is 20.8 Å². The highest BCUT2D eigenvalue weighted by Crippen LogP contribution is 2.14. The van der Waals surface area contributed by atoms with Gasteiger partial charge in [0.1, 0.15) is 0 Å². The van der Waals surface area contributed by atoms with Crippen molar-refractivity contribution in [3.8, 4) is 0 Å². The van der Waals surface area contributed by atoms with Crippen LogP contribution in [-0.4, -0.2) is 33.6 Å². The highest BCUT2D eigenvalue weighted by Gasteiger charge is 2.08. The lowest BCUT2D eigenvalue weighted by molar-refractivity contribution is 0.203. The summed E-state index contributed by atoms with van der Waals surface area (Å²) in [5.41, 5.74) is 0. The topological polar surface area (TPSA) is 3.24 Å². The Bertz CT molecular complexity index is 86.1. The number of halogens is 1. The lowest BCUT2D eigenvalue weighted by atomic mass is 9.51. The molecule has 0 atom stereocenters. The third-order valence-electron chi connectivity index (χ3n) is 1.12. The zero-order valence-electron chi connectivity index (χ0n) is 7.09. The van der Waals surface area contributed by atoms with Gasteiger partial charge in [-0.1, -0.05) is 26.1 Å². The summed E-state index contributed by atoms with van der Waals surface area (Å²) in [5.74, 6) is -0.0880. The van der Waals surface area contributed by atoms with E-state index in [1.165, 1.54) is 7.05 Å². The second-order valence-corrected chi connectivity index (χ2v) is 3.53. The molecular weight excluding hydrogens is 158 g/mol. The van der Waals surface area contributed by atoms with Crippen LogP contribution in [0.2, 0.25) is 6.32 Å². The third-order valence-corrected chi connectivity index (χ3v) is 1.92. The summed E-state index contributed by atoms with van der Waals surface area (Å²) in [6.07, 6.45) is 3.07. The summed E-state index contributed by atoms with van der Waals surface area (Å²) in [6.45, 7) is 2.09. The van der Waals surface area contributed by atoms with Gasteiger partial charge in [0.15, 0.2) is 5.88 Å². The number of rotatable bonds is 5. The molecule has 0 aliphatic heterocycles. The molecule has 0 aromatic heterocycles. The summed E-state index contributed by atoms with van der Waals surface area (Å²) < 4.78 is 12.7. The van der Waals surface area contributed by atoms with Gasteiger partial charge >= 0.3 is 0 Å². The van der Waals surface area contributed by atoms with Crippen molar-refractivity contribution in [1.82, 2.24) is 4.53 Å². The second kappa shape index (κ2) is 8.53. The van der Waals surface area contributed by atoms with Gasteiger partial charge in [-0.25, -0.2) is 0 Å². The smallest absolute Gasteiger partial charge is 0.124 e. The zero-order chi connectivity index (χ0) is 7.98. The normalized spacial score (nSPS) is 9.45. The monoisotopic (exact) mass is 170 g/mol. The van der Waals surface area contributed by atoms with Crippen molar-refractivity contribution in [3.63, 3.8) is 0 Å².